The molecule has 1 saturated carbocycles. The molecule has 0 saturated heterocycles. The van der Waals surface area contributed by atoms with Crippen molar-refractivity contribution in [3.63, 3.8) is 0 Å². The molecule has 0 aromatic heterocycles. The molecular weight excluding hydrogens is 222 g/mol. The smallest absolute Gasteiger partial charge is 0.248 e. The van der Waals surface area contributed by atoms with Gasteiger partial charge in [-0.2, -0.15) is 0 Å². The molecule has 2 nitrogen and oxygen atoms in total. The summed E-state index contributed by atoms with van der Waals surface area (Å²) in [5, 5.41) is 0.684. The van der Waals surface area contributed by atoms with Crippen LogP contribution in [0.2, 0.25) is 5.02 Å². The second-order valence-corrected chi connectivity index (χ2v) is 4.84. The number of hydrogen-bond donors (Lipinski definition) is 1. The summed E-state index contributed by atoms with van der Waals surface area (Å²) in [5.74, 6) is 0.139. The molecule has 1 aromatic carbocycles. The normalized spacial score (nSPS) is 17.3. The van der Waals surface area contributed by atoms with E-state index in [0.29, 0.717) is 16.5 Å². The monoisotopic (exact) mass is 237 g/mol. The summed E-state index contributed by atoms with van der Waals surface area (Å²) in [6.07, 6.45) is 6.29. The molecule has 1 aliphatic carbocycles. The van der Waals surface area contributed by atoms with Crippen molar-refractivity contribution in [3.05, 3.63) is 34.3 Å². The minimum Gasteiger partial charge on any atom is -0.366 e. The highest BCUT2D eigenvalue weighted by Gasteiger charge is 2.18. The maximum atomic E-state index is 11.0. The number of rotatable bonds is 2. The van der Waals surface area contributed by atoms with Crippen molar-refractivity contribution < 1.29 is 4.79 Å². The summed E-state index contributed by atoms with van der Waals surface area (Å²) in [4.78, 5) is 11.0. The Morgan fingerprint density at radius 3 is 2.50 bits per heavy atom. The van der Waals surface area contributed by atoms with Crippen LogP contribution < -0.4 is 5.73 Å². The minimum absolute atomic E-state index is 0.419. The minimum atomic E-state index is -0.419. The van der Waals surface area contributed by atoms with Crippen LogP contribution in [0.1, 0.15) is 53.9 Å². The van der Waals surface area contributed by atoms with Crippen LogP contribution in [0, 0.1) is 0 Å². The highest BCUT2D eigenvalue weighted by atomic mass is 35.5. The summed E-state index contributed by atoms with van der Waals surface area (Å²) in [6, 6.07) is 5.42. The predicted octanol–water partition coefficient (Wildman–Crippen LogP) is 3.49. The molecule has 2 N–H and O–H groups in total. The standard InChI is InChI=1S/C13H16ClNO/c14-12-8-10(13(15)16)6-7-11(12)9-4-2-1-3-5-9/h6-9H,1-5H2,(H2,15,16). The molecule has 16 heavy (non-hydrogen) atoms. The number of primary amides is 1. The van der Waals surface area contributed by atoms with E-state index < -0.39 is 5.91 Å². The summed E-state index contributed by atoms with van der Waals surface area (Å²) < 4.78 is 0. The van der Waals surface area contributed by atoms with Gasteiger partial charge in [0.1, 0.15) is 0 Å². The average Bonchev–Trinajstić information content (AvgIpc) is 2.30. The van der Waals surface area contributed by atoms with E-state index in [1.54, 1.807) is 12.1 Å². The summed E-state index contributed by atoms with van der Waals surface area (Å²) in [5.41, 5.74) is 6.88. The Hall–Kier alpha value is -1.02. The predicted molar refractivity (Wildman–Crippen MR) is 65.8 cm³/mol. The van der Waals surface area contributed by atoms with Crippen LogP contribution >= 0.6 is 11.6 Å². The first-order valence-corrected chi connectivity index (χ1v) is 6.15. The number of carbonyl (C=O) groups excluding carboxylic acids is 1. The Kier molecular flexibility index (Phi) is 3.49. The maximum Gasteiger partial charge on any atom is 0.248 e. The van der Waals surface area contributed by atoms with Gasteiger partial charge in [-0.05, 0) is 36.5 Å². The molecule has 0 spiro atoms. The highest BCUT2D eigenvalue weighted by molar-refractivity contribution is 6.31. The van der Waals surface area contributed by atoms with Crippen molar-refractivity contribution in [2.45, 2.75) is 38.0 Å². The van der Waals surface area contributed by atoms with Crippen molar-refractivity contribution in [2.75, 3.05) is 0 Å². The lowest BCUT2D eigenvalue weighted by Gasteiger charge is -2.23. The lowest BCUT2D eigenvalue weighted by atomic mass is 9.84. The molecular formula is C13H16ClNO. The molecule has 3 heteroatoms. The molecule has 0 atom stereocenters. The molecule has 1 amide bonds. The zero-order valence-corrected chi connectivity index (χ0v) is 9.96. The third-order valence-corrected chi connectivity index (χ3v) is 3.66. The number of hydrogen-bond acceptors (Lipinski definition) is 1. The van der Waals surface area contributed by atoms with E-state index in [0.717, 1.165) is 0 Å². The molecule has 86 valence electrons. The summed E-state index contributed by atoms with van der Waals surface area (Å²) >= 11 is 6.20. The third-order valence-electron chi connectivity index (χ3n) is 3.33. The van der Waals surface area contributed by atoms with E-state index in [-0.39, 0.29) is 0 Å². The van der Waals surface area contributed by atoms with Crippen LogP contribution in [0.25, 0.3) is 0 Å². The highest BCUT2D eigenvalue weighted by Crippen LogP contribution is 2.36. The number of amides is 1. The Bertz CT molecular complexity index is 397. The molecule has 0 radical (unpaired) electrons. The topological polar surface area (TPSA) is 43.1 Å². The van der Waals surface area contributed by atoms with Crippen LogP contribution in [-0.2, 0) is 0 Å². The van der Waals surface area contributed by atoms with Crippen molar-refractivity contribution in [1.29, 1.82) is 0 Å². The van der Waals surface area contributed by atoms with Gasteiger partial charge in [0.2, 0.25) is 5.91 Å². The second kappa shape index (κ2) is 4.88. The zero-order chi connectivity index (χ0) is 11.5. The van der Waals surface area contributed by atoms with E-state index in [9.17, 15) is 4.79 Å². The van der Waals surface area contributed by atoms with Crippen molar-refractivity contribution >= 4 is 17.5 Å². The van der Waals surface area contributed by atoms with Crippen molar-refractivity contribution in [3.8, 4) is 0 Å². The molecule has 1 aliphatic rings. The maximum absolute atomic E-state index is 11.0. The first-order valence-electron chi connectivity index (χ1n) is 5.77. The van der Waals surface area contributed by atoms with Crippen LogP contribution in [0.15, 0.2) is 18.2 Å². The van der Waals surface area contributed by atoms with Crippen LogP contribution in [-0.4, -0.2) is 5.91 Å². The molecule has 1 fully saturated rings. The fraction of sp³-hybridized carbons (Fsp3) is 0.462. The first-order chi connectivity index (χ1) is 7.68. The SMILES string of the molecule is NC(=O)c1ccc(C2CCCCC2)c(Cl)c1. The third kappa shape index (κ3) is 2.38. The lowest BCUT2D eigenvalue weighted by Crippen LogP contribution is -2.12. The molecule has 0 aliphatic heterocycles. The molecule has 0 unspecified atom stereocenters. The van der Waals surface area contributed by atoms with Gasteiger partial charge in [0.15, 0.2) is 0 Å². The average molecular weight is 238 g/mol. The Balaban J connectivity index is 2.24. The van der Waals surface area contributed by atoms with Gasteiger partial charge < -0.3 is 5.73 Å². The van der Waals surface area contributed by atoms with Crippen molar-refractivity contribution in [2.24, 2.45) is 5.73 Å². The van der Waals surface area contributed by atoms with Gasteiger partial charge in [0.05, 0.1) is 0 Å². The van der Waals surface area contributed by atoms with Crippen molar-refractivity contribution in [1.82, 2.24) is 0 Å². The van der Waals surface area contributed by atoms with Gasteiger partial charge in [0, 0.05) is 10.6 Å². The van der Waals surface area contributed by atoms with E-state index in [1.165, 1.54) is 37.7 Å². The first kappa shape index (κ1) is 11.5. The quantitative estimate of drug-likeness (QED) is 0.841. The van der Waals surface area contributed by atoms with Gasteiger partial charge in [-0.15, -0.1) is 0 Å². The fourth-order valence-electron chi connectivity index (χ4n) is 2.43. The van der Waals surface area contributed by atoms with Crippen LogP contribution in [0.3, 0.4) is 0 Å². The van der Waals surface area contributed by atoms with Gasteiger partial charge >= 0.3 is 0 Å². The largest absolute Gasteiger partial charge is 0.366 e. The van der Waals surface area contributed by atoms with Gasteiger partial charge in [0.25, 0.3) is 0 Å². The number of nitrogens with two attached hydrogens (primary N) is 1. The fourth-order valence-corrected chi connectivity index (χ4v) is 2.76. The molecule has 0 heterocycles. The van der Waals surface area contributed by atoms with Gasteiger partial charge in [-0.25, -0.2) is 0 Å². The zero-order valence-electron chi connectivity index (χ0n) is 9.21. The number of benzene rings is 1. The number of halogens is 1. The van der Waals surface area contributed by atoms with E-state index >= 15 is 0 Å². The molecule has 1 aromatic rings. The van der Waals surface area contributed by atoms with Crippen LogP contribution in [0.4, 0.5) is 0 Å². The van der Waals surface area contributed by atoms with E-state index in [4.69, 9.17) is 17.3 Å². The summed E-state index contributed by atoms with van der Waals surface area (Å²) in [7, 11) is 0. The molecule has 2 rings (SSSR count). The van der Waals surface area contributed by atoms with Crippen LogP contribution in [0.5, 0.6) is 0 Å². The lowest BCUT2D eigenvalue weighted by molar-refractivity contribution is 0.100. The van der Waals surface area contributed by atoms with Gasteiger partial charge in [-0.3, -0.25) is 4.79 Å². The Labute approximate surface area is 101 Å². The van der Waals surface area contributed by atoms with E-state index in [1.807, 2.05) is 6.07 Å². The second-order valence-electron chi connectivity index (χ2n) is 4.44. The molecule has 0 bridgehead atoms. The Morgan fingerprint density at radius 2 is 1.94 bits per heavy atom. The summed E-state index contributed by atoms with van der Waals surface area (Å²) in [6.45, 7) is 0. The number of carbonyl (C=O) groups is 1. The van der Waals surface area contributed by atoms with Gasteiger partial charge in [-0.1, -0.05) is 36.9 Å². The Morgan fingerprint density at radius 1 is 1.25 bits per heavy atom. The van der Waals surface area contributed by atoms with E-state index in [2.05, 4.69) is 0 Å².